The number of fused-ring (bicyclic) bond motifs is 2. The molecule has 1 N–H and O–H groups in total. The van der Waals surface area contributed by atoms with E-state index in [4.69, 9.17) is 0 Å². The third-order valence-electron chi connectivity index (χ3n) is 4.45. The fraction of sp³-hybridized carbons (Fsp3) is 0.211. The monoisotopic (exact) mass is 353 g/mol. The van der Waals surface area contributed by atoms with Crippen LogP contribution >= 0.6 is 0 Å². The Morgan fingerprint density at radius 3 is 2.48 bits per heavy atom. The number of aryl methyl sites for hydroxylation is 2. The van der Waals surface area contributed by atoms with E-state index in [1.54, 1.807) is 29.3 Å². The van der Waals surface area contributed by atoms with Crippen LogP contribution in [0.25, 0.3) is 10.9 Å². The number of nitrogens with zero attached hydrogens (tertiary/aromatic N) is 2. The summed E-state index contributed by atoms with van der Waals surface area (Å²) < 4.78 is 25.3. The Balaban J connectivity index is 1.69. The predicted molar refractivity (Wildman–Crippen MR) is 99.0 cm³/mol. The second kappa shape index (κ2) is 5.82. The molecule has 2 aromatic carbocycles. The molecule has 0 bridgehead atoms. The number of hydrogen-bond acceptors (Lipinski definition) is 4. The molecule has 3 aromatic rings. The van der Waals surface area contributed by atoms with E-state index in [0.29, 0.717) is 12.4 Å². The summed E-state index contributed by atoms with van der Waals surface area (Å²) in [6.45, 7) is 4.52. The zero-order chi connectivity index (χ0) is 17.6. The molecule has 0 saturated carbocycles. The van der Waals surface area contributed by atoms with Gasteiger partial charge in [-0.25, -0.2) is 13.4 Å². The maximum absolute atomic E-state index is 12.6. The molecule has 0 unspecified atom stereocenters. The number of rotatable bonds is 3. The average Bonchev–Trinajstić information content (AvgIpc) is 2.94. The van der Waals surface area contributed by atoms with Gasteiger partial charge in [0, 0.05) is 11.9 Å². The van der Waals surface area contributed by atoms with Gasteiger partial charge < -0.3 is 0 Å². The predicted octanol–water partition coefficient (Wildman–Crippen LogP) is 3.11. The van der Waals surface area contributed by atoms with E-state index in [9.17, 15) is 8.42 Å². The molecule has 6 heteroatoms. The Labute approximate surface area is 147 Å². The van der Waals surface area contributed by atoms with Crippen molar-refractivity contribution in [2.75, 3.05) is 11.6 Å². The highest BCUT2D eigenvalue weighted by Gasteiger charge is 2.26. The lowest BCUT2D eigenvalue weighted by atomic mass is 10.1. The summed E-state index contributed by atoms with van der Waals surface area (Å²) >= 11 is 0. The summed E-state index contributed by atoms with van der Waals surface area (Å²) in [6.07, 6.45) is 0.766. The van der Waals surface area contributed by atoms with Crippen LogP contribution in [0.5, 0.6) is 0 Å². The molecule has 1 aliphatic rings. The maximum Gasteiger partial charge on any atom is 0.257 e. The van der Waals surface area contributed by atoms with Crippen molar-refractivity contribution in [2.45, 2.75) is 25.2 Å². The Morgan fingerprint density at radius 1 is 1.00 bits per heavy atom. The molecule has 0 amide bonds. The Morgan fingerprint density at radius 2 is 1.72 bits per heavy atom. The van der Waals surface area contributed by atoms with Crippen molar-refractivity contribution in [1.82, 2.24) is 9.82 Å². The van der Waals surface area contributed by atoms with Crippen LogP contribution in [0.4, 0.5) is 5.82 Å². The molecule has 0 aliphatic carbocycles. The van der Waals surface area contributed by atoms with Gasteiger partial charge in [0.15, 0.2) is 0 Å². The molecule has 4 rings (SSSR count). The molecule has 0 atom stereocenters. The van der Waals surface area contributed by atoms with Crippen LogP contribution in [0.1, 0.15) is 16.7 Å². The Bertz CT molecular complexity index is 1060. The Hall–Kier alpha value is -2.44. The van der Waals surface area contributed by atoms with Crippen molar-refractivity contribution in [1.29, 1.82) is 0 Å². The van der Waals surface area contributed by atoms with Crippen LogP contribution in [0.3, 0.4) is 0 Å². The van der Waals surface area contributed by atoms with Crippen molar-refractivity contribution >= 4 is 26.7 Å². The Kier molecular flexibility index (Phi) is 3.74. The van der Waals surface area contributed by atoms with Crippen LogP contribution in [0, 0.1) is 13.8 Å². The normalized spacial score (nSPS) is 14.1. The number of benzene rings is 2. The third-order valence-corrected chi connectivity index (χ3v) is 5.80. The van der Waals surface area contributed by atoms with Crippen LogP contribution in [0.15, 0.2) is 53.4 Å². The zero-order valence-electron chi connectivity index (χ0n) is 14.2. The van der Waals surface area contributed by atoms with E-state index in [1.165, 1.54) is 0 Å². The first-order valence-electron chi connectivity index (χ1n) is 8.19. The van der Waals surface area contributed by atoms with E-state index in [0.717, 1.165) is 34.0 Å². The number of hydrogen-bond donors (Lipinski definition) is 1. The van der Waals surface area contributed by atoms with Crippen molar-refractivity contribution in [3.8, 4) is 0 Å². The summed E-state index contributed by atoms with van der Waals surface area (Å²) in [5.41, 5.74) is 4.09. The lowest BCUT2D eigenvalue weighted by molar-refractivity contribution is 0.577. The second-order valence-corrected chi connectivity index (χ2v) is 8.14. The van der Waals surface area contributed by atoms with Crippen molar-refractivity contribution in [2.24, 2.45) is 0 Å². The van der Waals surface area contributed by atoms with Gasteiger partial charge >= 0.3 is 0 Å². The molecular weight excluding hydrogens is 334 g/mol. The molecule has 128 valence electrons. The van der Waals surface area contributed by atoms with Crippen molar-refractivity contribution in [3.05, 3.63) is 65.2 Å². The smallest absolute Gasteiger partial charge is 0.257 e. The van der Waals surface area contributed by atoms with E-state index in [1.807, 2.05) is 19.9 Å². The van der Waals surface area contributed by atoms with Gasteiger partial charge in [-0.2, -0.15) is 0 Å². The molecular formula is C19H19N3O2S. The number of aromatic nitrogens is 1. The van der Waals surface area contributed by atoms with Gasteiger partial charge in [0.25, 0.3) is 10.0 Å². The number of pyridine rings is 1. The van der Waals surface area contributed by atoms with E-state index >= 15 is 0 Å². The van der Waals surface area contributed by atoms with Gasteiger partial charge in [-0.15, -0.1) is 4.83 Å². The van der Waals surface area contributed by atoms with Crippen LogP contribution < -0.4 is 9.84 Å². The van der Waals surface area contributed by atoms with Crippen molar-refractivity contribution in [3.63, 3.8) is 0 Å². The lowest BCUT2D eigenvalue weighted by Gasteiger charge is -2.19. The fourth-order valence-electron chi connectivity index (χ4n) is 3.07. The standard InChI is InChI=1S/C19H19N3O2S/c1-13-4-7-17(8-5-13)25(23,24)21-22-10-9-16-12-15-6-3-14(2)11-18(15)20-19(16)22/h3-8,11-12,21H,9-10H2,1-2H3. The third kappa shape index (κ3) is 2.99. The minimum absolute atomic E-state index is 0.253. The largest absolute Gasteiger partial charge is 0.278 e. The van der Waals surface area contributed by atoms with E-state index in [-0.39, 0.29) is 4.90 Å². The van der Waals surface area contributed by atoms with Gasteiger partial charge in [0.05, 0.1) is 10.4 Å². The molecule has 0 fully saturated rings. The summed E-state index contributed by atoms with van der Waals surface area (Å²) in [5.74, 6) is 0.689. The SMILES string of the molecule is Cc1ccc(S(=O)(=O)NN2CCc3cc4ccc(C)cc4nc32)cc1. The van der Waals surface area contributed by atoms with Gasteiger partial charge in [-0.3, -0.25) is 5.01 Å². The average molecular weight is 353 g/mol. The minimum Gasteiger partial charge on any atom is -0.278 e. The first-order valence-corrected chi connectivity index (χ1v) is 9.68. The van der Waals surface area contributed by atoms with Gasteiger partial charge in [-0.05, 0) is 55.7 Å². The highest BCUT2D eigenvalue weighted by atomic mass is 32.2. The number of nitrogens with one attached hydrogen (secondary N) is 1. The molecule has 0 saturated heterocycles. The highest BCUT2D eigenvalue weighted by Crippen LogP contribution is 2.29. The first-order chi connectivity index (χ1) is 11.9. The van der Waals surface area contributed by atoms with Crippen LogP contribution in [-0.4, -0.2) is 19.9 Å². The summed E-state index contributed by atoms with van der Waals surface area (Å²) in [5, 5.41) is 2.71. The highest BCUT2D eigenvalue weighted by molar-refractivity contribution is 7.89. The summed E-state index contributed by atoms with van der Waals surface area (Å²) in [6, 6.07) is 15.0. The van der Waals surface area contributed by atoms with Gasteiger partial charge in [0.2, 0.25) is 0 Å². The maximum atomic E-state index is 12.6. The quantitative estimate of drug-likeness (QED) is 0.786. The van der Waals surface area contributed by atoms with Crippen LogP contribution in [0.2, 0.25) is 0 Å². The molecule has 25 heavy (non-hydrogen) atoms. The van der Waals surface area contributed by atoms with E-state index < -0.39 is 10.0 Å². The number of anilines is 1. The molecule has 1 aliphatic heterocycles. The zero-order valence-corrected chi connectivity index (χ0v) is 15.0. The molecule has 5 nitrogen and oxygen atoms in total. The van der Waals surface area contributed by atoms with E-state index in [2.05, 4.69) is 28.0 Å². The molecule has 0 spiro atoms. The summed E-state index contributed by atoms with van der Waals surface area (Å²) in [4.78, 5) is 7.61. The molecule has 2 heterocycles. The summed E-state index contributed by atoms with van der Waals surface area (Å²) in [7, 11) is -3.63. The lowest BCUT2D eigenvalue weighted by Crippen LogP contribution is -2.41. The van der Waals surface area contributed by atoms with Crippen molar-refractivity contribution < 1.29 is 8.42 Å². The minimum atomic E-state index is -3.63. The fourth-order valence-corrected chi connectivity index (χ4v) is 4.14. The number of hydrazine groups is 1. The molecule has 0 radical (unpaired) electrons. The second-order valence-electron chi connectivity index (χ2n) is 6.48. The van der Waals surface area contributed by atoms with Gasteiger partial charge in [-0.1, -0.05) is 29.8 Å². The first kappa shape index (κ1) is 16.1. The topological polar surface area (TPSA) is 62.3 Å². The van der Waals surface area contributed by atoms with Crippen LogP contribution in [-0.2, 0) is 16.4 Å². The molecule has 1 aromatic heterocycles. The van der Waals surface area contributed by atoms with Gasteiger partial charge in [0.1, 0.15) is 5.82 Å². The number of sulfonamides is 1.